The SMILES string of the molecule is Cc1cn(-c2cncc3[nH]c(-c4n[nH]c5ccc(-c6cnn(C)c6)cc45)cc23)cn1. The van der Waals surface area contributed by atoms with Crippen LogP contribution >= 0.6 is 0 Å². The van der Waals surface area contributed by atoms with Gasteiger partial charge in [-0.1, -0.05) is 6.07 Å². The lowest BCUT2D eigenvalue weighted by atomic mass is 10.1. The topological polar surface area (TPSA) is 93.0 Å². The summed E-state index contributed by atoms with van der Waals surface area (Å²) in [5.41, 5.74) is 7.87. The van der Waals surface area contributed by atoms with Crippen molar-refractivity contribution in [2.24, 2.45) is 7.05 Å². The molecule has 0 amide bonds. The van der Waals surface area contributed by atoms with Crippen LogP contribution in [0.5, 0.6) is 0 Å². The summed E-state index contributed by atoms with van der Waals surface area (Å²) in [6, 6.07) is 8.40. The van der Waals surface area contributed by atoms with Crippen molar-refractivity contribution < 1.29 is 0 Å². The van der Waals surface area contributed by atoms with Gasteiger partial charge in [-0.2, -0.15) is 10.2 Å². The van der Waals surface area contributed by atoms with Crippen LogP contribution in [0.15, 0.2) is 61.6 Å². The van der Waals surface area contributed by atoms with Gasteiger partial charge < -0.3 is 9.55 Å². The maximum Gasteiger partial charge on any atom is 0.116 e. The van der Waals surface area contributed by atoms with Crippen LogP contribution in [0.2, 0.25) is 0 Å². The summed E-state index contributed by atoms with van der Waals surface area (Å²) < 4.78 is 3.80. The molecule has 0 unspecified atom stereocenters. The van der Waals surface area contributed by atoms with Crippen LogP contribution in [0.4, 0.5) is 0 Å². The Bertz CT molecular complexity index is 1530. The zero-order valence-electron chi connectivity index (χ0n) is 16.5. The van der Waals surface area contributed by atoms with Gasteiger partial charge >= 0.3 is 0 Å². The van der Waals surface area contributed by atoms with Crippen molar-refractivity contribution in [1.82, 2.24) is 39.5 Å². The molecule has 0 saturated heterocycles. The second-order valence-electron chi connectivity index (χ2n) is 7.46. The third kappa shape index (κ3) is 2.54. The molecule has 2 N–H and O–H groups in total. The number of hydrogen-bond acceptors (Lipinski definition) is 4. The summed E-state index contributed by atoms with van der Waals surface area (Å²) in [6.07, 6.45) is 11.4. The maximum absolute atomic E-state index is 4.59. The van der Waals surface area contributed by atoms with E-state index in [1.54, 1.807) is 4.68 Å². The number of imidazole rings is 1. The highest BCUT2D eigenvalue weighted by molar-refractivity contribution is 5.99. The third-order valence-electron chi connectivity index (χ3n) is 5.37. The fourth-order valence-corrected chi connectivity index (χ4v) is 3.89. The molecule has 1 aromatic carbocycles. The van der Waals surface area contributed by atoms with Gasteiger partial charge in [0, 0.05) is 35.8 Å². The van der Waals surface area contributed by atoms with Gasteiger partial charge in [-0.25, -0.2) is 4.98 Å². The zero-order valence-corrected chi connectivity index (χ0v) is 16.5. The van der Waals surface area contributed by atoms with Crippen LogP contribution in [0, 0.1) is 6.92 Å². The second-order valence-corrected chi connectivity index (χ2v) is 7.46. The average molecular weight is 394 g/mol. The van der Waals surface area contributed by atoms with E-state index in [0.717, 1.165) is 55.7 Å². The molecular weight excluding hydrogens is 376 g/mol. The maximum atomic E-state index is 4.59. The molecule has 0 aliphatic heterocycles. The van der Waals surface area contributed by atoms with Crippen molar-refractivity contribution in [3.63, 3.8) is 0 Å². The molecule has 0 spiro atoms. The predicted octanol–water partition coefficient (Wildman–Crippen LogP) is 4.00. The zero-order chi connectivity index (χ0) is 20.2. The molecule has 8 heteroatoms. The number of nitrogens with one attached hydrogen (secondary N) is 2. The molecule has 146 valence electrons. The number of benzene rings is 1. The molecule has 0 atom stereocenters. The van der Waals surface area contributed by atoms with Crippen LogP contribution in [-0.2, 0) is 7.05 Å². The molecule has 0 saturated carbocycles. The van der Waals surface area contributed by atoms with Crippen LogP contribution in [0.3, 0.4) is 0 Å². The minimum Gasteiger partial charge on any atom is -0.352 e. The molecular formula is C22H18N8. The van der Waals surface area contributed by atoms with E-state index in [1.165, 1.54) is 0 Å². The van der Waals surface area contributed by atoms with E-state index >= 15 is 0 Å². The van der Waals surface area contributed by atoms with E-state index in [4.69, 9.17) is 0 Å². The van der Waals surface area contributed by atoms with Crippen molar-refractivity contribution in [2.45, 2.75) is 6.92 Å². The smallest absolute Gasteiger partial charge is 0.116 e. The number of nitrogens with zero attached hydrogens (tertiary/aromatic N) is 6. The van der Waals surface area contributed by atoms with Crippen LogP contribution in [-0.4, -0.2) is 39.5 Å². The second kappa shape index (κ2) is 6.15. The van der Waals surface area contributed by atoms with Gasteiger partial charge in [0.1, 0.15) is 5.69 Å². The Kier molecular flexibility index (Phi) is 3.43. The van der Waals surface area contributed by atoms with Gasteiger partial charge in [0.25, 0.3) is 0 Å². The van der Waals surface area contributed by atoms with Crippen molar-refractivity contribution in [1.29, 1.82) is 0 Å². The molecule has 6 aromatic rings. The summed E-state index contributed by atoms with van der Waals surface area (Å²) >= 11 is 0. The molecule has 6 rings (SSSR count). The lowest BCUT2D eigenvalue weighted by molar-refractivity contribution is 0.768. The van der Waals surface area contributed by atoms with Gasteiger partial charge in [0.15, 0.2) is 0 Å². The Morgan fingerprint density at radius 1 is 0.933 bits per heavy atom. The number of pyridine rings is 1. The highest BCUT2D eigenvalue weighted by Crippen LogP contribution is 2.33. The molecule has 30 heavy (non-hydrogen) atoms. The molecule has 5 heterocycles. The van der Waals surface area contributed by atoms with E-state index in [2.05, 4.69) is 54.5 Å². The van der Waals surface area contributed by atoms with E-state index in [0.29, 0.717) is 0 Å². The van der Waals surface area contributed by atoms with Crippen LogP contribution < -0.4 is 0 Å². The molecule has 5 aromatic heterocycles. The molecule has 0 aliphatic carbocycles. The fourth-order valence-electron chi connectivity index (χ4n) is 3.89. The largest absolute Gasteiger partial charge is 0.352 e. The first-order chi connectivity index (χ1) is 14.7. The van der Waals surface area contributed by atoms with E-state index in [1.807, 2.05) is 55.9 Å². The summed E-state index contributed by atoms with van der Waals surface area (Å²) in [6.45, 7) is 1.97. The molecule has 0 bridgehead atoms. The number of aromatic amines is 2. The molecule has 0 radical (unpaired) electrons. The minimum atomic E-state index is 0.875. The number of aryl methyl sites for hydroxylation is 2. The molecule has 0 aliphatic rings. The summed E-state index contributed by atoms with van der Waals surface area (Å²) in [5, 5.41) is 14.1. The predicted molar refractivity (Wildman–Crippen MR) is 115 cm³/mol. The van der Waals surface area contributed by atoms with E-state index < -0.39 is 0 Å². The number of H-pyrrole nitrogens is 2. The van der Waals surface area contributed by atoms with Gasteiger partial charge in [-0.3, -0.25) is 14.8 Å². The van der Waals surface area contributed by atoms with Gasteiger partial charge in [-0.15, -0.1) is 0 Å². The van der Waals surface area contributed by atoms with Crippen LogP contribution in [0.25, 0.3) is 50.0 Å². The van der Waals surface area contributed by atoms with E-state index in [9.17, 15) is 0 Å². The minimum absolute atomic E-state index is 0.875. The Labute approximate surface area is 171 Å². The third-order valence-corrected chi connectivity index (χ3v) is 5.37. The highest BCUT2D eigenvalue weighted by Gasteiger charge is 2.15. The number of rotatable bonds is 3. The van der Waals surface area contributed by atoms with Crippen molar-refractivity contribution in [3.8, 4) is 28.2 Å². The molecule has 8 nitrogen and oxygen atoms in total. The average Bonchev–Trinajstić information content (AvgIpc) is 3.52. The first kappa shape index (κ1) is 16.7. The Morgan fingerprint density at radius 3 is 2.67 bits per heavy atom. The van der Waals surface area contributed by atoms with Crippen LogP contribution in [0.1, 0.15) is 5.69 Å². The first-order valence-corrected chi connectivity index (χ1v) is 9.61. The highest BCUT2D eigenvalue weighted by atomic mass is 15.2. The van der Waals surface area contributed by atoms with Crippen molar-refractivity contribution >= 4 is 21.8 Å². The summed E-state index contributed by atoms with van der Waals surface area (Å²) in [5.74, 6) is 0. The summed E-state index contributed by atoms with van der Waals surface area (Å²) in [4.78, 5) is 12.2. The lowest BCUT2D eigenvalue weighted by Gasteiger charge is -2.02. The van der Waals surface area contributed by atoms with Crippen molar-refractivity contribution in [2.75, 3.05) is 0 Å². The normalized spacial score (nSPS) is 11.7. The van der Waals surface area contributed by atoms with E-state index in [-0.39, 0.29) is 0 Å². The van der Waals surface area contributed by atoms with Gasteiger partial charge in [0.2, 0.25) is 0 Å². The number of aromatic nitrogens is 8. The Hall–Kier alpha value is -4.20. The quantitative estimate of drug-likeness (QED) is 0.474. The summed E-state index contributed by atoms with van der Waals surface area (Å²) in [7, 11) is 1.92. The lowest BCUT2D eigenvalue weighted by Crippen LogP contribution is -1.91. The Morgan fingerprint density at radius 2 is 1.87 bits per heavy atom. The monoisotopic (exact) mass is 394 g/mol. The first-order valence-electron chi connectivity index (χ1n) is 9.61. The number of hydrogen-bond donors (Lipinski definition) is 2. The standard InChI is InChI=1S/C22H18N8/c1-13-10-30(12-24-13)21-9-23-8-20-16(21)6-19(26-20)22-17-5-14(3-4-18(17)27-28-22)15-7-25-29(2)11-15/h3-12,26H,1-2H3,(H,27,28). The molecule has 0 fully saturated rings. The van der Waals surface area contributed by atoms with Gasteiger partial charge in [0.05, 0.1) is 53.0 Å². The van der Waals surface area contributed by atoms with Crippen molar-refractivity contribution in [3.05, 3.63) is 67.3 Å². The Balaban J connectivity index is 1.52. The fraction of sp³-hybridized carbons (Fsp3) is 0.0909. The van der Waals surface area contributed by atoms with Gasteiger partial charge in [-0.05, 0) is 30.7 Å². The number of fused-ring (bicyclic) bond motifs is 2.